The molecule has 0 aliphatic carbocycles. The Morgan fingerprint density at radius 2 is 2.10 bits per heavy atom. The van der Waals surface area contributed by atoms with Gasteiger partial charge in [0.1, 0.15) is 17.3 Å². The molecule has 0 bridgehead atoms. The molecule has 2 N–H and O–H groups in total. The highest BCUT2D eigenvalue weighted by atomic mass is 16.3. The number of imidazole rings is 1. The smallest absolute Gasteiger partial charge is 0.255 e. The monoisotopic (exact) mass is 283 g/mol. The Balaban J connectivity index is 1.81. The van der Waals surface area contributed by atoms with Crippen LogP contribution in [-0.2, 0) is 0 Å². The first-order valence-corrected chi connectivity index (χ1v) is 6.87. The molecule has 0 unspecified atom stereocenters. The van der Waals surface area contributed by atoms with Crippen molar-refractivity contribution in [3.05, 3.63) is 53.2 Å². The molecule has 0 aliphatic heterocycles. The number of aromatic nitrogens is 2. The lowest BCUT2D eigenvalue weighted by molar-refractivity contribution is 0.0937. The second-order valence-corrected chi connectivity index (χ2v) is 5.16. The van der Waals surface area contributed by atoms with Gasteiger partial charge in [-0.2, -0.15) is 0 Å². The van der Waals surface area contributed by atoms with Crippen molar-refractivity contribution in [2.75, 3.05) is 0 Å². The Morgan fingerprint density at radius 1 is 1.33 bits per heavy atom. The van der Waals surface area contributed by atoms with Crippen LogP contribution in [0.25, 0.3) is 11.0 Å². The number of amides is 1. The van der Waals surface area contributed by atoms with E-state index >= 15 is 0 Å². The van der Waals surface area contributed by atoms with Crippen LogP contribution >= 0.6 is 0 Å². The average molecular weight is 283 g/mol. The number of furan rings is 1. The summed E-state index contributed by atoms with van der Waals surface area (Å²) in [6.07, 6.45) is 0. The molecule has 0 saturated heterocycles. The molecular weight excluding hydrogens is 266 g/mol. The third-order valence-corrected chi connectivity index (χ3v) is 3.45. The lowest BCUT2D eigenvalue weighted by Crippen LogP contribution is -2.27. The molecule has 1 amide bonds. The van der Waals surface area contributed by atoms with Gasteiger partial charge >= 0.3 is 0 Å². The van der Waals surface area contributed by atoms with Crippen molar-refractivity contribution in [3.63, 3.8) is 0 Å². The second kappa shape index (κ2) is 5.09. The van der Waals surface area contributed by atoms with Crippen LogP contribution in [0.3, 0.4) is 0 Å². The summed E-state index contributed by atoms with van der Waals surface area (Å²) in [5.74, 6) is 1.94. The van der Waals surface area contributed by atoms with Gasteiger partial charge in [0.05, 0.1) is 22.6 Å². The number of nitrogens with zero attached hydrogens (tertiary/aromatic N) is 1. The number of hydrogen-bond acceptors (Lipinski definition) is 3. The van der Waals surface area contributed by atoms with E-state index in [1.165, 1.54) is 0 Å². The zero-order valence-electron chi connectivity index (χ0n) is 12.2. The molecule has 0 radical (unpaired) electrons. The highest BCUT2D eigenvalue weighted by Crippen LogP contribution is 2.18. The summed E-state index contributed by atoms with van der Waals surface area (Å²) in [4.78, 5) is 20.0. The number of carbonyl (C=O) groups is 1. The normalized spacial score (nSPS) is 12.5. The third kappa shape index (κ3) is 2.54. The van der Waals surface area contributed by atoms with Crippen LogP contribution < -0.4 is 5.32 Å². The number of rotatable bonds is 3. The Hall–Kier alpha value is -2.56. The summed E-state index contributed by atoms with van der Waals surface area (Å²) < 4.78 is 5.39. The minimum Gasteiger partial charge on any atom is -0.466 e. The summed E-state index contributed by atoms with van der Waals surface area (Å²) in [7, 11) is 0. The van der Waals surface area contributed by atoms with E-state index in [4.69, 9.17) is 4.42 Å². The van der Waals surface area contributed by atoms with Crippen LogP contribution in [0.4, 0.5) is 0 Å². The topological polar surface area (TPSA) is 70.9 Å². The van der Waals surface area contributed by atoms with Crippen LogP contribution in [0, 0.1) is 13.8 Å². The van der Waals surface area contributed by atoms with E-state index in [-0.39, 0.29) is 11.9 Å². The zero-order chi connectivity index (χ0) is 15.0. The fraction of sp³-hybridized carbons (Fsp3) is 0.250. The van der Waals surface area contributed by atoms with Gasteiger partial charge in [0, 0.05) is 0 Å². The molecule has 0 fully saturated rings. The van der Waals surface area contributed by atoms with Gasteiger partial charge in [-0.15, -0.1) is 0 Å². The number of fused-ring (bicyclic) bond motifs is 1. The van der Waals surface area contributed by atoms with Gasteiger partial charge in [-0.25, -0.2) is 4.98 Å². The quantitative estimate of drug-likeness (QED) is 0.775. The molecule has 3 rings (SSSR count). The van der Waals surface area contributed by atoms with Gasteiger partial charge in [0.15, 0.2) is 0 Å². The maximum absolute atomic E-state index is 12.3. The van der Waals surface area contributed by atoms with E-state index in [1.807, 2.05) is 38.1 Å². The molecule has 2 heterocycles. The van der Waals surface area contributed by atoms with Gasteiger partial charge in [0.2, 0.25) is 0 Å². The lowest BCUT2D eigenvalue weighted by atomic mass is 10.2. The minimum atomic E-state index is -0.209. The molecule has 0 spiro atoms. The first-order valence-electron chi connectivity index (χ1n) is 6.87. The van der Waals surface area contributed by atoms with Crippen molar-refractivity contribution in [1.82, 2.24) is 15.3 Å². The van der Waals surface area contributed by atoms with Gasteiger partial charge < -0.3 is 14.7 Å². The van der Waals surface area contributed by atoms with Crippen molar-refractivity contribution in [1.29, 1.82) is 0 Å². The minimum absolute atomic E-state index is 0.155. The summed E-state index contributed by atoms with van der Waals surface area (Å²) in [6.45, 7) is 5.51. The van der Waals surface area contributed by atoms with Crippen molar-refractivity contribution in [3.8, 4) is 0 Å². The van der Waals surface area contributed by atoms with E-state index in [1.54, 1.807) is 13.0 Å². The first kappa shape index (κ1) is 13.4. The predicted molar refractivity (Wildman–Crippen MR) is 80.2 cm³/mol. The number of aromatic amines is 1. The number of hydrogen-bond donors (Lipinski definition) is 2. The van der Waals surface area contributed by atoms with E-state index in [9.17, 15) is 4.79 Å². The highest BCUT2D eigenvalue weighted by Gasteiger charge is 2.18. The molecule has 1 aromatic carbocycles. The lowest BCUT2D eigenvalue weighted by Gasteiger charge is -2.10. The van der Waals surface area contributed by atoms with Gasteiger partial charge in [0.25, 0.3) is 5.91 Å². The molecule has 5 heteroatoms. The Labute approximate surface area is 122 Å². The summed E-state index contributed by atoms with van der Waals surface area (Å²) in [5.41, 5.74) is 2.42. The number of para-hydroxylation sites is 2. The van der Waals surface area contributed by atoms with Gasteiger partial charge in [-0.3, -0.25) is 4.79 Å². The van der Waals surface area contributed by atoms with Crippen LogP contribution in [0.15, 0.2) is 34.7 Å². The SMILES string of the molecule is Cc1cc(C(=O)N[C@@H](C)c2nc3ccccc3[nH]2)c(C)o1. The summed E-state index contributed by atoms with van der Waals surface area (Å²) in [6, 6.07) is 9.33. The Kier molecular flexibility index (Phi) is 3.25. The van der Waals surface area contributed by atoms with Crippen molar-refractivity contribution in [2.24, 2.45) is 0 Å². The number of carbonyl (C=O) groups excluding carboxylic acids is 1. The van der Waals surface area contributed by atoms with E-state index in [0.29, 0.717) is 11.3 Å². The maximum Gasteiger partial charge on any atom is 0.255 e. The van der Waals surface area contributed by atoms with Crippen molar-refractivity contribution >= 4 is 16.9 Å². The number of aryl methyl sites for hydroxylation is 2. The first-order chi connectivity index (χ1) is 10.0. The molecule has 108 valence electrons. The van der Waals surface area contributed by atoms with E-state index < -0.39 is 0 Å². The van der Waals surface area contributed by atoms with Crippen LogP contribution in [0.1, 0.15) is 40.7 Å². The predicted octanol–water partition coefficient (Wildman–Crippen LogP) is 3.26. The van der Waals surface area contributed by atoms with Crippen molar-refractivity contribution in [2.45, 2.75) is 26.8 Å². The third-order valence-electron chi connectivity index (χ3n) is 3.45. The molecule has 2 aromatic heterocycles. The standard InChI is InChI=1S/C16H17N3O2/c1-9-8-12(11(3)21-9)16(20)17-10(2)15-18-13-6-4-5-7-14(13)19-15/h4-8,10H,1-3H3,(H,17,20)(H,18,19)/t10-/m0/s1. The molecule has 0 saturated carbocycles. The number of H-pyrrole nitrogens is 1. The summed E-state index contributed by atoms with van der Waals surface area (Å²) >= 11 is 0. The molecule has 21 heavy (non-hydrogen) atoms. The second-order valence-electron chi connectivity index (χ2n) is 5.16. The molecule has 3 aromatic rings. The highest BCUT2D eigenvalue weighted by molar-refractivity contribution is 5.95. The van der Waals surface area contributed by atoms with Crippen LogP contribution in [-0.4, -0.2) is 15.9 Å². The fourth-order valence-corrected chi connectivity index (χ4v) is 2.38. The molecule has 1 atom stereocenters. The number of benzene rings is 1. The van der Waals surface area contributed by atoms with E-state index in [2.05, 4.69) is 15.3 Å². The maximum atomic E-state index is 12.3. The average Bonchev–Trinajstić information content (AvgIpc) is 3.01. The number of nitrogens with one attached hydrogen (secondary N) is 2. The largest absolute Gasteiger partial charge is 0.466 e. The molecule has 0 aliphatic rings. The van der Waals surface area contributed by atoms with E-state index in [0.717, 1.165) is 22.6 Å². The van der Waals surface area contributed by atoms with Crippen LogP contribution in [0.5, 0.6) is 0 Å². The Bertz CT molecular complexity index is 768. The van der Waals surface area contributed by atoms with Gasteiger partial charge in [-0.05, 0) is 39.0 Å². The molecular formula is C16H17N3O2. The van der Waals surface area contributed by atoms with Crippen LogP contribution in [0.2, 0.25) is 0 Å². The van der Waals surface area contributed by atoms with Crippen molar-refractivity contribution < 1.29 is 9.21 Å². The molecule has 5 nitrogen and oxygen atoms in total. The zero-order valence-corrected chi connectivity index (χ0v) is 12.2. The Morgan fingerprint density at radius 3 is 2.76 bits per heavy atom. The van der Waals surface area contributed by atoms with Gasteiger partial charge in [-0.1, -0.05) is 12.1 Å². The fourth-order valence-electron chi connectivity index (χ4n) is 2.38. The summed E-state index contributed by atoms with van der Waals surface area (Å²) in [5, 5.41) is 2.93.